The zero-order valence-electron chi connectivity index (χ0n) is 10.2. The third-order valence-electron chi connectivity index (χ3n) is 3.23. The van der Waals surface area contributed by atoms with Crippen molar-refractivity contribution in [1.29, 1.82) is 0 Å². The predicted molar refractivity (Wildman–Crippen MR) is 72.9 cm³/mol. The summed E-state index contributed by atoms with van der Waals surface area (Å²) in [6, 6.07) is 8.27. The first kappa shape index (κ1) is 10.8. The van der Waals surface area contributed by atoms with Gasteiger partial charge in [-0.1, -0.05) is 24.8 Å². The third-order valence-corrected chi connectivity index (χ3v) is 3.23. The van der Waals surface area contributed by atoms with Crippen LogP contribution < -0.4 is 0 Å². The molecule has 2 aromatic heterocycles. The van der Waals surface area contributed by atoms with Crippen LogP contribution in [0.4, 0.5) is 0 Å². The highest BCUT2D eigenvalue weighted by molar-refractivity contribution is 5.91. The molecular formula is C15H14N2O. The van der Waals surface area contributed by atoms with Crippen LogP contribution in [0.3, 0.4) is 0 Å². The van der Waals surface area contributed by atoms with Crippen LogP contribution in [0.25, 0.3) is 16.4 Å². The summed E-state index contributed by atoms with van der Waals surface area (Å²) in [6.45, 7) is 5.61. The van der Waals surface area contributed by atoms with E-state index in [0.29, 0.717) is 6.42 Å². The molecule has 0 spiro atoms. The summed E-state index contributed by atoms with van der Waals surface area (Å²) in [7, 11) is 0. The summed E-state index contributed by atoms with van der Waals surface area (Å²) in [5.74, 6) is 0.134. The lowest BCUT2D eigenvalue weighted by Gasteiger charge is -2.02. The van der Waals surface area contributed by atoms with Gasteiger partial charge in [0.2, 0.25) is 0 Å². The molecule has 3 heteroatoms. The zero-order chi connectivity index (χ0) is 12.7. The van der Waals surface area contributed by atoms with E-state index in [1.54, 1.807) is 0 Å². The Morgan fingerprint density at radius 2 is 2.11 bits per heavy atom. The first-order valence-corrected chi connectivity index (χ1v) is 5.88. The minimum atomic E-state index is 0.134. The van der Waals surface area contributed by atoms with Crippen LogP contribution >= 0.6 is 0 Å². The van der Waals surface area contributed by atoms with Gasteiger partial charge in [0.25, 0.3) is 0 Å². The van der Waals surface area contributed by atoms with Gasteiger partial charge in [-0.3, -0.25) is 4.98 Å². The van der Waals surface area contributed by atoms with E-state index >= 15 is 0 Å². The van der Waals surface area contributed by atoms with Gasteiger partial charge in [-0.15, -0.1) is 0 Å². The first-order valence-electron chi connectivity index (χ1n) is 5.88. The molecule has 0 saturated heterocycles. The molecule has 0 bridgehead atoms. The molecule has 3 nitrogen and oxygen atoms in total. The topological polar surface area (TPSA) is 37.5 Å². The maximum atomic E-state index is 9.25. The van der Waals surface area contributed by atoms with Gasteiger partial charge in [-0.2, -0.15) is 0 Å². The number of nitrogens with zero attached hydrogens (tertiary/aromatic N) is 2. The highest BCUT2D eigenvalue weighted by atomic mass is 16.3. The Labute approximate surface area is 105 Å². The van der Waals surface area contributed by atoms with Gasteiger partial charge in [-0.05, 0) is 18.6 Å². The van der Waals surface area contributed by atoms with Crippen LogP contribution in [0, 0.1) is 6.92 Å². The molecule has 0 fully saturated rings. The molecule has 0 radical (unpaired) electrons. The molecule has 0 aliphatic carbocycles. The Hall–Kier alpha value is -2.29. The molecule has 1 N–H and O–H groups in total. The van der Waals surface area contributed by atoms with E-state index in [2.05, 4.69) is 35.0 Å². The van der Waals surface area contributed by atoms with E-state index in [9.17, 15) is 5.11 Å². The Kier molecular flexibility index (Phi) is 2.33. The Balaban J connectivity index is 2.33. The number of aliphatic hydroxyl groups is 1. The van der Waals surface area contributed by atoms with Crippen LogP contribution in [0.5, 0.6) is 0 Å². The van der Waals surface area contributed by atoms with Crippen molar-refractivity contribution >= 4 is 16.4 Å². The van der Waals surface area contributed by atoms with Crippen molar-refractivity contribution in [3.8, 4) is 0 Å². The molecular weight excluding hydrogens is 224 g/mol. The fourth-order valence-corrected chi connectivity index (χ4v) is 2.37. The number of aryl methyl sites for hydroxylation is 1. The number of rotatable bonds is 2. The van der Waals surface area contributed by atoms with E-state index in [1.807, 2.05) is 24.5 Å². The lowest BCUT2D eigenvalue weighted by atomic mass is 10.2. The maximum Gasteiger partial charge on any atom is 0.0911 e. The van der Waals surface area contributed by atoms with Crippen LogP contribution in [0.1, 0.15) is 11.3 Å². The van der Waals surface area contributed by atoms with Crippen LogP contribution in [0.2, 0.25) is 0 Å². The molecule has 90 valence electrons. The quantitative estimate of drug-likeness (QED) is 0.695. The van der Waals surface area contributed by atoms with Gasteiger partial charge in [0, 0.05) is 18.0 Å². The summed E-state index contributed by atoms with van der Waals surface area (Å²) in [5, 5.41) is 10.5. The Bertz CT molecular complexity index is 756. The lowest BCUT2D eigenvalue weighted by Crippen LogP contribution is -1.96. The predicted octanol–water partition coefficient (Wildman–Crippen LogP) is 3.41. The van der Waals surface area contributed by atoms with E-state index in [-0.39, 0.29) is 5.76 Å². The number of fused-ring (bicyclic) bond motifs is 3. The zero-order valence-corrected chi connectivity index (χ0v) is 10.2. The van der Waals surface area contributed by atoms with E-state index in [4.69, 9.17) is 0 Å². The van der Waals surface area contributed by atoms with Crippen molar-refractivity contribution in [3.63, 3.8) is 0 Å². The molecule has 2 heterocycles. The maximum absolute atomic E-state index is 9.25. The number of aromatic nitrogens is 2. The molecule has 0 aliphatic rings. The molecule has 0 saturated carbocycles. The number of aliphatic hydroxyl groups excluding tert-OH is 1. The third kappa shape index (κ3) is 1.56. The summed E-state index contributed by atoms with van der Waals surface area (Å²) in [6.07, 6.45) is 4.21. The molecule has 0 atom stereocenters. The second kappa shape index (κ2) is 3.88. The fourth-order valence-electron chi connectivity index (χ4n) is 2.37. The van der Waals surface area contributed by atoms with Gasteiger partial charge in [0.15, 0.2) is 0 Å². The normalized spacial score (nSPS) is 11.2. The number of benzene rings is 1. The SMILES string of the molecule is C=C(O)Cc1cn2c(cn1)c(C)c1ccccc12. The highest BCUT2D eigenvalue weighted by Crippen LogP contribution is 2.25. The molecule has 18 heavy (non-hydrogen) atoms. The molecule has 3 aromatic rings. The smallest absolute Gasteiger partial charge is 0.0911 e. The molecule has 0 unspecified atom stereocenters. The van der Waals surface area contributed by atoms with Gasteiger partial charge in [0.05, 0.1) is 28.7 Å². The summed E-state index contributed by atoms with van der Waals surface area (Å²) >= 11 is 0. The Morgan fingerprint density at radius 3 is 2.89 bits per heavy atom. The average molecular weight is 238 g/mol. The number of hydrogen-bond donors (Lipinski definition) is 1. The summed E-state index contributed by atoms with van der Waals surface area (Å²) in [5.41, 5.74) is 4.31. The lowest BCUT2D eigenvalue weighted by molar-refractivity contribution is 0.400. The number of hydrogen-bond acceptors (Lipinski definition) is 2. The number of para-hydroxylation sites is 1. The van der Waals surface area contributed by atoms with Crippen LogP contribution in [0.15, 0.2) is 49.0 Å². The molecule has 0 aliphatic heterocycles. The second-order valence-electron chi connectivity index (χ2n) is 4.52. The fraction of sp³-hybridized carbons (Fsp3) is 0.133. The van der Waals surface area contributed by atoms with E-state index in [0.717, 1.165) is 16.7 Å². The standard InChI is InChI=1S/C15H14N2O/c1-10(18)7-12-9-17-14-6-4-3-5-13(14)11(2)15(17)8-16-12/h3-6,8-9,18H,1,7H2,2H3. The minimum absolute atomic E-state index is 0.134. The van der Waals surface area contributed by atoms with E-state index in [1.165, 1.54) is 10.9 Å². The van der Waals surface area contributed by atoms with Gasteiger partial charge in [-0.25, -0.2) is 0 Å². The molecule has 1 aromatic carbocycles. The number of allylic oxidation sites excluding steroid dienone is 1. The summed E-state index contributed by atoms with van der Waals surface area (Å²) < 4.78 is 2.12. The average Bonchev–Trinajstić information content (AvgIpc) is 2.63. The van der Waals surface area contributed by atoms with Crippen molar-refractivity contribution in [2.24, 2.45) is 0 Å². The first-order chi connectivity index (χ1) is 8.66. The highest BCUT2D eigenvalue weighted by Gasteiger charge is 2.08. The summed E-state index contributed by atoms with van der Waals surface area (Å²) in [4.78, 5) is 4.36. The van der Waals surface area contributed by atoms with Crippen molar-refractivity contribution in [2.75, 3.05) is 0 Å². The monoisotopic (exact) mass is 238 g/mol. The van der Waals surface area contributed by atoms with Crippen molar-refractivity contribution in [3.05, 3.63) is 60.3 Å². The Morgan fingerprint density at radius 1 is 1.33 bits per heavy atom. The van der Waals surface area contributed by atoms with Crippen LogP contribution in [-0.4, -0.2) is 14.5 Å². The molecule has 3 rings (SSSR count). The van der Waals surface area contributed by atoms with Crippen molar-refractivity contribution < 1.29 is 5.11 Å². The van der Waals surface area contributed by atoms with Crippen molar-refractivity contribution in [1.82, 2.24) is 9.38 Å². The van der Waals surface area contributed by atoms with Gasteiger partial charge < -0.3 is 9.51 Å². The van der Waals surface area contributed by atoms with Crippen molar-refractivity contribution in [2.45, 2.75) is 13.3 Å². The van der Waals surface area contributed by atoms with Gasteiger partial charge in [0.1, 0.15) is 0 Å². The van der Waals surface area contributed by atoms with Crippen LogP contribution in [-0.2, 0) is 6.42 Å². The second-order valence-corrected chi connectivity index (χ2v) is 4.52. The largest absolute Gasteiger partial charge is 0.513 e. The molecule has 0 amide bonds. The minimum Gasteiger partial charge on any atom is -0.513 e. The van der Waals surface area contributed by atoms with Gasteiger partial charge >= 0.3 is 0 Å². The van der Waals surface area contributed by atoms with E-state index < -0.39 is 0 Å².